The molecule has 0 amide bonds. The summed E-state index contributed by atoms with van der Waals surface area (Å²) in [5.74, 6) is 0.159. The molecule has 4 nitrogen and oxygen atoms in total. The molecule has 7 heteroatoms. The third-order valence-electron chi connectivity index (χ3n) is 2.56. The highest BCUT2D eigenvalue weighted by molar-refractivity contribution is 9.10. The van der Waals surface area contributed by atoms with E-state index in [1.807, 2.05) is 0 Å². The van der Waals surface area contributed by atoms with Gasteiger partial charge < -0.3 is 4.74 Å². The Balaban J connectivity index is 2.08. The van der Waals surface area contributed by atoms with E-state index >= 15 is 0 Å². The van der Waals surface area contributed by atoms with Crippen LogP contribution >= 0.6 is 15.9 Å². The van der Waals surface area contributed by atoms with E-state index < -0.39 is 10.0 Å². The first kappa shape index (κ1) is 15.0. The molecule has 0 saturated carbocycles. The Kier molecular flexibility index (Phi) is 4.42. The molecule has 0 radical (unpaired) electrons. The van der Waals surface area contributed by atoms with Crippen LogP contribution in [-0.2, 0) is 16.6 Å². The fourth-order valence-electron chi connectivity index (χ4n) is 1.53. The lowest BCUT2D eigenvalue weighted by Gasteiger charge is -2.08. The van der Waals surface area contributed by atoms with Crippen LogP contribution in [0.15, 0.2) is 51.8 Å². The summed E-state index contributed by atoms with van der Waals surface area (Å²) >= 11 is 3.24. The maximum absolute atomic E-state index is 12.9. The Morgan fingerprint density at radius 1 is 1.15 bits per heavy atom. The summed E-state index contributed by atoms with van der Waals surface area (Å²) < 4.78 is 41.2. The van der Waals surface area contributed by atoms with Crippen molar-refractivity contribution < 1.29 is 17.5 Å². The van der Waals surface area contributed by atoms with Crippen LogP contribution in [0, 0.1) is 5.82 Å². The smallest absolute Gasteiger partial charge is 0.238 e. The highest BCUT2D eigenvalue weighted by Crippen LogP contribution is 2.21. The van der Waals surface area contributed by atoms with Crippen LogP contribution < -0.4 is 9.88 Å². The molecule has 2 aromatic carbocycles. The zero-order valence-corrected chi connectivity index (χ0v) is 12.6. The second-order valence-corrected chi connectivity index (χ2v) is 6.46. The summed E-state index contributed by atoms with van der Waals surface area (Å²) in [5, 5.41) is 5.00. The van der Waals surface area contributed by atoms with Crippen LogP contribution in [0.2, 0.25) is 0 Å². The van der Waals surface area contributed by atoms with Gasteiger partial charge in [-0.2, -0.15) is 0 Å². The van der Waals surface area contributed by atoms with Crippen LogP contribution in [0.5, 0.6) is 5.75 Å². The summed E-state index contributed by atoms with van der Waals surface area (Å²) in [7, 11) is -3.70. The van der Waals surface area contributed by atoms with Gasteiger partial charge in [0.1, 0.15) is 18.2 Å². The van der Waals surface area contributed by atoms with E-state index in [1.165, 1.54) is 36.4 Å². The molecule has 0 aromatic heterocycles. The molecule has 0 aliphatic rings. The van der Waals surface area contributed by atoms with Crippen molar-refractivity contribution in [2.24, 2.45) is 5.14 Å². The predicted molar refractivity (Wildman–Crippen MR) is 76.2 cm³/mol. The van der Waals surface area contributed by atoms with Crippen molar-refractivity contribution in [3.05, 3.63) is 58.3 Å². The number of halogens is 2. The first-order chi connectivity index (χ1) is 9.36. The maximum Gasteiger partial charge on any atom is 0.238 e. The molecule has 0 bridgehead atoms. The SMILES string of the molecule is NS(=O)(=O)c1ccc(OCc2ccc(F)cc2Br)cc1. The van der Waals surface area contributed by atoms with Crippen LogP contribution in [0.3, 0.4) is 0 Å². The number of primary sulfonamides is 1. The van der Waals surface area contributed by atoms with Gasteiger partial charge in [0.15, 0.2) is 0 Å². The van der Waals surface area contributed by atoms with E-state index in [0.29, 0.717) is 10.2 Å². The van der Waals surface area contributed by atoms with Crippen molar-refractivity contribution in [3.63, 3.8) is 0 Å². The van der Waals surface area contributed by atoms with E-state index in [0.717, 1.165) is 5.56 Å². The van der Waals surface area contributed by atoms with Crippen LogP contribution in [0.1, 0.15) is 5.56 Å². The fraction of sp³-hybridized carbons (Fsp3) is 0.0769. The normalized spacial score (nSPS) is 11.3. The molecule has 2 aromatic rings. The molecule has 0 spiro atoms. The van der Waals surface area contributed by atoms with Crippen molar-refractivity contribution in [2.45, 2.75) is 11.5 Å². The van der Waals surface area contributed by atoms with E-state index in [2.05, 4.69) is 15.9 Å². The zero-order valence-electron chi connectivity index (χ0n) is 10.2. The Hall–Kier alpha value is -1.44. The lowest BCUT2D eigenvalue weighted by molar-refractivity contribution is 0.305. The highest BCUT2D eigenvalue weighted by Gasteiger charge is 2.07. The summed E-state index contributed by atoms with van der Waals surface area (Å²) in [4.78, 5) is 0.0211. The van der Waals surface area contributed by atoms with Gasteiger partial charge in [-0.1, -0.05) is 22.0 Å². The molecule has 0 aliphatic heterocycles. The minimum Gasteiger partial charge on any atom is -0.489 e. The van der Waals surface area contributed by atoms with Gasteiger partial charge in [0.25, 0.3) is 0 Å². The molecule has 2 rings (SSSR count). The lowest BCUT2D eigenvalue weighted by Crippen LogP contribution is -2.11. The number of benzene rings is 2. The molecule has 0 aliphatic carbocycles. The van der Waals surface area contributed by atoms with Crippen molar-refractivity contribution in [2.75, 3.05) is 0 Å². The van der Waals surface area contributed by atoms with Gasteiger partial charge in [-0.25, -0.2) is 17.9 Å². The molecular weight excluding hydrogens is 349 g/mol. The number of hydrogen-bond donors (Lipinski definition) is 1. The number of sulfonamides is 1. The first-order valence-corrected chi connectivity index (χ1v) is 7.90. The predicted octanol–water partition coefficient (Wildman–Crippen LogP) is 2.81. The van der Waals surface area contributed by atoms with Gasteiger partial charge in [-0.05, 0) is 36.4 Å². The third-order valence-corrected chi connectivity index (χ3v) is 4.23. The fourth-order valence-corrected chi connectivity index (χ4v) is 2.51. The van der Waals surface area contributed by atoms with Gasteiger partial charge in [0, 0.05) is 10.0 Å². The van der Waals surface area contributed by atoms with E-state index in [9.17, 15) is 12.8 Å². The Morgan fingerprint density at radius 2 is 1.80 bits per heavy atom. The van der Waals surface area contributed by atoms with Crippen LogP contribution in [0.4, 0.5) is 4.39 Å². The van der Waals surface area contributed by atoms with Crippen molar-refractivity contribution >= 4 is 26.0 Å². The zero-order chi connectivity index (χ0) is 14.8. The maximum atomic E-state index is 12.9. The summed E-state index contributed by atoms with van der Waals surface area (Å²) in [6.45, 7) is 0.232. The largest absolute Gasteiger partial charge is 0.489 e. The highest BCUT2D eigenvalue weighted by atomic mass is 79.9. The number of rotatable bonds is 4. The van der Waals surface area contributed by atoms with Gasteiger partial charge >= 0.3 is 0 Å². The lowest BCUT2D eigenvalue weighted by atomic mass is 10.2. The monoisotopic (exact) mass is 359 g/mol. The molecule has 0 unspecified atom stereocenters. The molecule has 20 heavy (non-hydrogen) atoms. The molecule has 106 valence electrons. The molecule has 0 saturated heterocycles. The minimum atomic E-state index is -3.70. The summed E-state index contributed by atoms with van der Waals surface area (Å²) in [5.41, 5.74) is 0.780. The Morgan fingerprint density at radius 3 is 2.35 bits per heavy atom. The number of ether oxygens (including phenoxy) is 1. The van der Waals surface area contributed by atoms with E-state index in [-0.39, 0.29) is 17.3 Å². The molecule has 0 fully saturated rings. The van der Waals surface area contributed by atoms with Crippen molar-refractivity contribution in [1.82, 2.24) is 0 Å². The molecule has 0 heterocycles. The first-order valence-electron chi connectivity index (χ1n) is 5.56. The standard InChI is InChI=1S/C13H11BrFNO3S/c14-13-7-10(15)2-1-9(13)8-19-11-3-5-12(6-4-11)20(16,17)18/h1-7H,8H2,(H2,16,17,18). The van der Waals surface area contributed by atoms with Gasteiger partial charge in [0.2, 0.25) is 10.0 Å². The second-order valence-electron chi connectivity index (χ2n) is 4.04. The van der Waals surface area contributed by atoms with Crippen molar-refractivity contribution in [1.29, 1.82) is 0 Å². The van der Waals surface area contributed by atoms with E-state index in [1.54, 1.807) is 6.07 Å². The van der Waals surface area contributed by atoms with Crippen LogP contribution in [0.25, 0.3) is 0 Å². The molecular formula is C13H11BrFNO3S. The van der Waals surface area contributed by atoms with Crippen molar-refractivity contribution in [3.8, 4) is 5.75 Å². The second kappa shape index (κ2) is 5.90. The topological polar surface area (TPSA) is 69.4 Å². The molecule has 2 N–H and O–H groups in total. The Bertz CT molecular complexity index is 717. The van der Waals surface area contributed by atoms with Gasteiger partial charge in [0.05, 0.1) is 4.90 Å². The number of hydrogen-bond acceptors (Lipinski definition) is 3. The summed E-state index contributed by atoms with van der Waals surface area (Å²) in [6, 6.07) is 10.1. The average molecular weight is 360 g/mol. The van der Waals surface area contributed by atoms with Gasteiger partial charge in [-0.15, -0.1) is 0 Å². The molecule has 0 atom stereocenters. The minimum absolute atomic E-state index is 0.0211. The average Bonchev–Trinajstić information content (AvgIpc) is 2.37. The van der Waals surface area contributed by atoms with Crippen LogP contribution in [-0.4, -0.2) is 8.42 Å². The quantitative estimate of drug-likeness (QED) is 0.912. The Labute approximate surface area is 124 Å². The van der Waals surface area contributed by atoms with E-state index in [4.69, 9.17) is 9.88 Å². The van der Waals surface area contributed by atoms with Gasteiger partial charge in [-0.3, -0.25) is 0 Å². The summed E-state index contributed by atoms with van der Waals surface area (Å²) in [6.07, 6.45) is 0. The number of nitrogens with two attached hydrogens (primary N) is 1. The third kappa shape index (κ3) is 3.78.